The van der Waals surface area contributed by atoms with Crippen LogP contribution in [0.1, 0.15) is 6.92 Å². The Morgan fingerprint density at radius 2 is 1.35 bits per heavy atom. The van der Waals surface area contributed by atoms with E-state index < -0.39 is 18.8 Å². The fourth-order valence-corrected chi connectivity index (χ4v) is 5.04. The Morgan fingerprint density at radius 3 is 1.70 bits per heavy atom. The Bertz CT molecular complexity index is 579. The third kappa shape index (κ3) is 2.54. The van der Waals surface area contributed by atoms with Crippen LogP contribution in [-0.4, -0.2) is 18.7 Å². The molecule has 20 heavy (non-hydrogen) atoms. The third-order valence-corrected chi connectivity index (χ3v) is 6.80. The van der Waals surface area contributed by atoms with Crippen molar-refractivity contribution in [2.75, 3.05) is 7.11 Å². The van der Waals surface area contributed by atoms with Gasteiger partial charge in [0.2, 0.25) is 0 Å². The number of rotatable bonds is 4. The van der Waals surface area contributed by atoms with Gasteiger partial charge in [-0.25, -0.2) is 0 Å². The van der Waals surface area contributed by atoms with E-state index in [2.05, 4.69) is 0 Å². The molecule has 2 aromatic carbocycles. The van der Waals surface area contributed by atoms with Gasteiger partial charge in [-0.3, -0.25) is 4.79 Å². The molecule has 0 amide bonds. The second kappa shape index (κ2) is 6.06. The summed E-state index contributed by atoms with van der Waals surface area (Å²) in [6.07, 6.45) is 0. The minimum atomic E-state index is -3.06. The van der Waals surface area contributed by atoms with Crippen LogP contribution in [0.4, 0.5) is 0 Å². The number of benzene rings is 2. The lowest BCUT2D eigenvalue weighted by Crippen LogP contribution is -2.30. The summed E-state index contributed by atoms with van der Waals surface area (Å²) in [5.41, 5.74) is -0.711. The molecule has 0 fully saturated rings. The molecule has 1 atom stereocenters. The van der Waals surface area contributed by atoms with Gasteiger partial charge in [0.05, 0.1) is 7.11 Å². The highest BCUT2D eigenvalue weighted by Gasteiger charge is 2.38. The first-order valence-corrected chi connectivity index (χ1v) is 8.17. The van der Waals surface area contributed by atoms with E-state index >= 15 is 0 Å². The van der Waals surface area contributed by atoms with Crippen LogP contribution in [0.15, 0.2) is 60.7 Å². The van der Waals surface area contributed by atoms with Crippen molar-refractivity contribution >= 4 is 23.7 Å². The molecule has 0 saturated carbocycles. The van der Waals surface area contributed by atoms with Crippen LogP contribution in [0.5, 0.6) is 0 Å². The van der Waals surface area contributed by atoms with Crippen molar-refractivity contribution in [3.05, 3.63) is 60.7 Å². The maximum absolute atomic E-state index is 13.6. The molecule has 4 heteroatoms. The smallest absolute Gasteiger partial charge is 0.316 e. The highest BCUT2D eigenvalue weighted by atomic mass is 31.2. The molecule has 2 aromatic rings. The van der Waals surface area contributed by atoms with E-state index in [1.54, 1.807) is 31.2 Å². The van der Waals surface area contributed by atoms with Crippen molar-refractivity contribution in [1.29, 1.82) is 0 Å². The first-order chi connectivity index (χ1) is 9.60. The fraction of sp³-hybridized carbons (Fsp3) is 0.188. The molecule has 0 bridgehead atoms. The van der Waals surface area contributed by atoms with Gasteiger partial charge in [0, 0.05) is 10.6 Å². The molecule has 0 spiro atoms. The van der Waals surface area contributed by atoms with Crippen molar-refractivity contribution in [2.45, 2.75) is 12.6 Å². The number of carbonyl (C=O) groups excluding carboxylic acids is 1. The lowest BCUT2D eigenvalue weighted by Gasteiger charge is -2.24. The molecular formula is C16H17O3P. The van der Waals surface area contributed by atoms with Gasteiger partial charge in [0.15, 0.2) is 7.14 Å². The molecule has 0 N–H and O–H groups in total. The summed E-state index contributed by atoms with van der Waals surface area (Å²) in [7, 11) is -1.74. The lowest BCUT2D eigenvalue weighted by atomic mass is 10.4. The highest BCUT2D eigenvalue weighted by Crippen LogP contribution is 2.48. The fourth-order valence-electron chi connectivity index (χ4n) is 2.21. The van der Waals surface area contributed by atoms with Crippen molar-refractivity contribution in [1.82, 2.24) is 0 Å². The van der Waals surface area contributed by atoms with Gasteiger partial charge in [0.1, 0.15) is 5.66 Å². The standard InChI is InChI=1S/C16H17O3P/c1-13(16(17)19-2)20(18,14-9-5-3-6-10-14)15-11-7-4-8-12-15/h3-13H,1-2H3/t13-/m0/s1. The minimum Gasteiger partial charge on any atom is -0.468 e. The summed E-state index contributed by atoms with van der Waals surface area (Å²) < 4.78 is 18.4. The second-order valence-electron chi connectivity index (χ2n) is 4.53. The SMILES string of the molecule is COC(=O)[C@H](C)P(=O)(c1ccccc1)c1ccccc1. The number of ether oxygens (including phenoxy) is 1. The van der Waals surface area contributed by atoms with Gasteiger partial charge < -0.3 is 9.30 Å². The number of hydrogen-bond acceptors (Lipinski definition) is 3. The second-order valence-corrected chi connectivity index (χ2v) is 7.65. The predicted molar refractivity (Wildman–Crippen MR) is 81.2 cm³/mol. The minimum absolute atomic E-state index is 0.457. The Hall–Kier alpha value is -1.86. The van der Waals surface area contributed by atoms with Gasteiger partial charge >= 0.3 is 5.97 Å². The van der Waals surface area contributed by atoms with Crippen LogP contribution in [0.3, 0.4) is 0 Å². The number of hydrogen-bond donors (Lipinski definition) is 0. The van der Waals surface area contributed by atoms with Gasteiger partial charge in [-0.05, 0) is 6.92 Å². The molecular weight excluding hydrogens is 271 g/mol. The Morgan fingerprint density at radius 1 is 0.950 bits per heavy atom. The maximum Gasteiger partial charge on any atom is 0.316 e. The zero-order valence-electron chi connectivity index (χ0n) is 11.5. The van der Waals surface area contributed by atoms with Gasteiger partial charge in [-0.2, -0.15) is 0 Å². The zero-order valence-corrected chi connectivity index (χ0v) is 12.4. The van der Waals surface area contributed by atoms with Crippen LogP contribution in [0.25, 0.3) is 0 Å². The van der Waals surface area contributed by atoms with E-state index in [-0.39, 0.29) is 0 Å². The van der Waals surface area contributed by atoms with Crippen LogP contribution < -0.4 is 10.6 Å². The van der Waals surface area contributed by atoms with Gasteiger partial charge in [0.25, 0.3) is 0 Å². The summed E-state index contributed by atoms with van der Waals surface area (Å²) in [6.45, 7) is 1.66. The average Bonchev–Trinajstić information content (AvgIpc) is 2.54. The molecule has 0 aliphatic rings. The van der Waals surface area contributed by atoms with E-state index in [4.69, 9.17) is 4.74 Å². The van der Waals surface area contributed by atoms with E-state index in [9.17, 15) is 9.36 Å². The lowest BCUT2D eigenvalue weighted by molar-refractivity contribution is -0.139. The number of methoxy groups -OCH3 is 1. The molecule has 0 radical (unpaired) electrons. The zero-order chi connectivity index (χ0) is 14.6. The molecule has 104 valence electrons. The van der Waals surface area contributed by atoms with Crippen LogP contribution in [-0.2, 0) is 14.1 Å². The summed E-state index contributed by atoms with van der Waals surface area (Å²) in [5.74, 6) is -0.457. The Balaban J connectivity index is 2.61. The predicted octanol–water partition coefficient (Wildman–Crippen LogP) is 2.56. The van der Waals surface area contributed by atoms with E-state index in [0.717, 1.165) is 0 Å². The topological polar surface area (TPSA) is 43.4 Å². The monoisotopic (exact) mass is 288 g/mol. The van der Waals surface area contributed by atoms with E-state index in [0.29, 0.717) is 10.6 Å². The number of esters is 1. The molecule has 2 rings (SSSR count). The molecule has 3 nitrogen and oxygen atoms in total. The average molecular weight is 288 g/mol. The third-order valence-electron chi connectivity index (χ3n) is 3.37. The van der Waals surface area contributed by atoms with E-state index in [1.807, 2.05) is 36.4 Å². The molecule has 0 aliphatic heterocycles. The first kappa shape index (κ1) is 14.5. The molecule has 0 saturated heterocycles. The number of carbonyl (C=O) groups is 1. The van der Waals surface area contributed by atoms with Crippen molar-refractivity contribution in [3.63, 3.8) is 0 Å². The Kier molecular flexibility index (Phi) is 4.41. The largest absolute Gasteiger partial charge is 0.468 e. The van der Waals surface area contributed by atoms with Crippen molar-refractivity contribution < 1.29 is 14.1 Å². The molecule has 0 aromatic heterocycles. The summed E-state index contributed by atoms with van der Waals surface area (Å²) in [5, 5.41) is 1.34. The molecule has 0 heterocycles. The van der Waals surface area contributed by atoms with Crippen LogP contribution >= 0.6 is 7.14 Å². The van der Waals surface area contributed by atoms with E-state index in [1.165, 1.54) is 7.11 Å². The van der Waals surface area contributed by atoms with Crippen LogP contribution in [0, 0.1) is 0 Å². The normalized spacial score (nSPS) is 12.7. The maximum atomic E-state index is 13.6. The summed E-state index contributed by atoms with van der Waals surface area (Å²) in [4.78, 5) is 11.9. The molecule has 0 aliphatic carbocycles. The Labute approximate surface area is 119 Å². The van der Waals surface area contributed by atoms with Crippen molar-refractivity contribution in [3.8, 4) is 0 Å². The van der Waals surface area contributed by atoms with Gasteiger partial charge in [-0.1, -0.05) is 60.7 Å². The summed E-state index contributed by atoms with van der Waals surface area (Å²) in [6, 6.07) is 18.2. The quantitative estimate of drug-likeness (QED) is 0.641. The van der Waals surface area contributed by atoms with Crippen molar-refractivity contribution in [2.24, 2.45) is 0 Å². The first-order valence-electron chi connectivity index (χ1n) is 6.39. The van der Waals surface area contributed by atoms with Crippen LogP contribution in [0.2, 0.25) is 0 Å². The van der Waals surface area contributed by atoms with Gasteiger partial charge in [-0.15, -0.1) is 0 Å². The summed E-state index contributed by atoms with van der Waals surface area (Å²) >= 11 is 0. The molecule has 0 unspecified atom stereocenters. The highest BCUT2D eigenvalue weighted by molar-refractivity contribution is 7.80.